The Bertz CT molecular complexity index is 1140. The number of nitrogens with one attached hydrogen (secondary N) is 4. The van der Waals surface area contributed by atoms with E-state index in [4.69, 9.17) is 11.6 Å². The monoisotopic (exact) mass is 491 g/mol. The Kier molecular flexibility index (Phi) is 8.66. The molecule has 33 heavy (non-hydrogen) atoms. The Morgan fingerprint density at radius 2 is 1.88 bits per heavy atom. The van der Waals surface area contributed by atoms with Gasteiger partial charge in [-0.1, -0.05) is 30.3 Å². The molecule has 4 N–H and O–H groups in total. The number of aromatic nitrogens is 5. The first-order valence-electron chi connectivity index (χ1n) is 10.6. The Morgan fingerprint density at radius 1 is 1.09 bits per heavy atom. The molecule has 0 saturated carbocycles. The maximum Gasteiger partial charge on any atom is 0.261 e. The number of carbonyl (C=O) groups excluding carboxylic acids is 2. The molecule has 0 atom stereocenters. The Hall–Kier alpha value is -3.12. The molecule has 2 aromatic heterocycles. The molecule has 0 spiro atoms. The lowest BCUT2D eigenvalue weighted by Gasteiger charge is -2.10. The van der Waals surface area contributed by atoms with E-state index in [1.807, 2.05) is 20.8 Å². The second-order valence-electron chi connectivity index (χ2n) is 6.84. The summed E-state index contributed by atoms with van der Waals surface area (Å²) in [5, 5.41) is 20.8. The average Bonchev–Trinajstić information content (AvgIpc) is 3.20. The van der Waals surface area contributed by atoms with Gasteiger partial charge in [0.1, 0.15) is 0 Å². The fourth-order valence-corrected chi connectivity index (χ4v) is 3.83. The zero-order valence-corrected chi connectivity index (χ0v) is 20.2. The van der Waals surface area contributed by atoms with Crippen molar-refractivity contribution < 1.29 is 9.59 Å². The zero-order chi connectivity index (χ0) is 23.8. The summed E-state index contributed by atoms with van der Waals surface area (Å²) >= 11 is 7.43. The molecule has 2 heterocycles. The Morgan fingerprint density at radius 3 is 2.58 bits per heavy atom. The molecule has 0 radical (unpaired) electrons. The lowest BCUT2D eigenvalue weighted by atomic mass is 10.2. The van der Waals surface area contributed by atoms with E-state index in [1.54, 1.807) is 22.6 Å². The normalized spacial score (nSPS) is 10.8. The summed E-state index contributed by atoms with van der Waals surface area (Å²) in [6.45, 7) is 7.76. The third kappa shape index (κ3) is 6.23. The van der Waals surface area contributed by atoms with Crippen LogP contribution in [0, 0.1) is 0 Å². The lowest BCUT2D eigenvalue weighted by Crippen LogP contribution is -2.24. The molecular formula is C20H26ClN9O2S. The third-order valence-electron chi connectivity index (χ3n) is 4.28. The summed E-state index contributed by atoms with van der Waals surface area (Å²) in [5.74, 6) is 0.943. The van der Waals surface area contributed by atoms with Gasteiger partial charge in [0.05, 0.1) is 16.3 Å². The summed E-state index contributed by atoms with van der Waals surface area (Å²) in [7, 11) is 0. The minimum atomic E-state index is -0.258. The molecule has 1 aromatic carbocycles. The molecule has 13 heteroatoms. The topological polar surface area (TPSA) is 138 Å². The van der Waals surface area contributed by atoms with Gasteiger partial charge in [0.25, 0.3) is 11.7 Å². The van der Waals surface area contributed by atoms with E-state index in [0.29, 0.717) is 53.7 Å². The van der Waals surface area contributed by atoms with Crippen molar-refractivity contribution in [2.45, 2.75) is 32.3 Å². The number of amides is 2. The lowest BCUT2D eigenvalue weighted by molar-refractivity contribution is -0.113. The van der Waals surface area contributed by atoms with Gasteiger partial charge in [-0.25, -0.2) is 4.40 Å². The average molecular weight is 492 g/mol. The van der Waals surface area contributed by atoms with Gasteiger partial charge < -0.3 is 21.3 Å². The number of nitrogens with zero attached hydrogens (tertiary/aromatic N) is 5. The van der Waals surface area contributed by atoms with Crippen molar-refractivity contribution in [3.63, 3.8) is 0 Å². The fourth-order valence-electron chi connectivity index (χ4n) is 2.84. The van der Waals surface area contributed by atoms with Gasteiger partial charge in [0, 0.05) is 25.3 Å². The SMILES string of the molecule is CCCNC(=O)c1ccc(NC(=O)CSc2nnc3nc(NCC)nc(NCC)n23)cc1Cl. The minimum Gasteiger partial charge on any atom is -0.355 e. The van der Waals surface area contributed by atoms with Gasteiger partial charge in [0.2, 0.25) is 17.8 Å². The molecule has 11 nitrogen and oxygen atoms in total. The number of thioether (sulfide) groups is 1. The number of anilines is 3. The Balaban J connectivity index is 1.67. The quantitative estimate of drug-likeness (QED) is 0.298. The number of hydrogen-bond donors (Lipinski definition) is 4. The molecule has 3 rings (SSSR count). The maximum atomic E-state index is 12.5. The number of carbonyl (C=O) groups is 2. The highest BCUT2D eigenvalue weighted by Crippen LogP contribution is 2.23. The van der Waals surface area contributed by atoms with Crippen LogP contribution in [0.25, 0.3) is 5.78 Å². The van der Waals surface area contributed by atoms with Gasteiger partial charge in [-0.05, 0) is 38.5 Å². The molecule has 0 fully saturated rings. The molecule has 0 aliphatic carbocycles. The summed E-state index contributed by atoms with van der Waals surface area (Å²) < 4.78 is 1.67. The van der Waals surface area contributed by atoms with Crippen LogP contribution in [0.2, 0.25) is 5.02 Å². The zero-order valence-electron chi connectivity index (χ0n) is 18.6. The van der Waals surface area contributed by atoms with Crippen molar-refractivity contribution in [3.05, 3.63) is 28.8 Å². The summed E-state index contributed by atoms with van der Waals surface area (Å²) in [6.07, 6.45) is 0.829. The first-order valence-corrected chi connectivity index (χ1v) is 11.9. The van der Waals surface area contributed by atoms with Gasteiger partial charge in [0.15, 0.2) is 5.16 Å². The number of rotatable bonds is 11. The predicted molar refractivity (Wildman–Crippen MR) is 130 cm³/mol. The highest BCUT2D eigenvalue weighted by atomic mass is 35.5. The number of benzene rings is 1. The van der Waals surface area contributed by atoms with E-state index in [1.165, 1.54) is 11.8 Å². The van der Waals surface area contributed by atoms with Crippen LogP contribution in [0.4, 0.5) is 17.6 Å². The van der Waals surface area contributed by atoms with Crippen molar-refractivity contribution in [1.82, 2.24) is 29.9 Å². The van der Waals surface area contributed by atoms with E-state index in [9.17, 15) is 9.59 Å². The van der Waals surface area contributed by atoms with Crippen molar-refractivity contribution in [3.8, 4) is 0 Å². The van der Waals surface area contributed by atoms with Gasteiger partial charge in [-0.3, -0.25) is 9.59 Å². The van der Waals surface area contributed by atoms with Crippen LogP contribution in [0.15, 0.2) is 23.4 Å². The van der Waals surface area contributed by atoms with Crippen LogP contribution in [-0.4, -0.2) is 61.8 Å². The predicted octanol–water partition coefficient (Wildman–Crippen LogP) is 2.91. The van der Waals surface area contributed by atoms with Crippen LogP contribution in [0.1, 0.15) is 37.6 Å². The molecule has 0 aliphatic heterocycles. The van der Waals surface area contributed by atoms with E-state index >= 15 is 0 Å². The number of hydrogen-bond acceptors (Lipinski definition) is 9. The molecule has 0 aliphatic rings. The number of fused-ring (bicyclic) bond motifs is 1. The maximum absolute atomic E-state index is 12.5. The van der Waals surface area contributed by atoms with Crippen molar-refractivity contribution >= 4 is 58.5 Å². The largest absolute Gasteiger partial charge is 0.355 e. The number of halogens is 1. The standard InChI is InChI=1S/C20H26ClN9O2S/c1-4-9-24-16(32)13-8-7-12(10-14(13)21)25-15(31)11-33-20-29-28-19-27-17(22-5-2)26-18(23-6-3)30(19)20/h7-8,10H,4-6,9,11H2,1-3H3,(H,24,32)(H,25,31)(H2,22,23,26,27,28). The van der Waals surface area contributed by atoms with Crippen molar-refractivity contribution in [2.24, 2.45) is 0 Å². The van der Waals surface area contributed by atoms with Crippen molar-refractivity contribution in [2.75, 3.05) is 41.3 Å². The van der Waals surface area contributed by atoms with Crippen LogP contribution < -0.4 is 21.3 Å². The van der Waals surface area contributed by atoms with E-state index in [2.05, 4.69) is 41.4 Å². The van der Waals surface area contributed by atoms with Gasteiger partial charge in [-0.2, -0.15) is 9.97 Å². The third-order valence-corrected chi connectivity index (χ3v) is 5.52. The molecule has 0 unspecified atom stereocenters. The Labute approximate surface area is 200 Å². The van der Waals surface area contributed by atoms with E-state index < -0.39 is 0 Å². The van der Waals surface area contributed by atoms with Crippen LogP contribution in [-0.2, 0) is 4.79 Å². The molecule has 0 saturated heterocycles. The highest BCUT2D eigenvalue weighted by molar-refractivity contribution is 7.99. The first kappa shape index (κ1) is 24.5. The van der Waals surface area contributed by atoms with Gasteiger partial charge in [-0.15, -0.1) is 10.2 Å². The molecule has 0 bridgehead atoms. The van der Waals surface area contributed by atoms with Crippen LogP contribution in [0.5, 0.6) is 0 Å². The summed E-state index contributed by atoms with van der Waals surface area (Å²) in [5.41, 5.74) is 0.857. The molecule has 2 amide bonds. The van der Waals surface area contributed by atoms with Crippen LogP contribution >= 0.6 is 23.4 Å². The summed E-state index contributed by atoms with van der Waals surface area (Å²) in [4.78, 5) is 33.4. The van der Waals surface area contributed by atoms with Gasteiger partial charge >= 0.3 is 0 Å². The highest BCUT2D eigenvalue weighted by Gasteiger charge is 2.16. The summed E-state index contributed by atoms with van der Waals surface area (Å²) in [6, 6.07) is 4.78. The fraction of sp³-hybridized carbons (Fsp3) is 0.400. The van der Waals surface area contributed by atoms with Crippen molar-refractivity contribution in [1.29, 1.82) is 0 Å². The van der Waals surface area contributed by atoms with E-state index in [-0.39, 0.29) is 22.6 Å². The second-order valence-corrected chi connectivity index (χ2v) is 8.19. The second kappa shape index (κ2) is 11.7. The smallest absolute Gasteiger partial charge is 0.261 e. The molecule has 3 aromatic rings. The van der Waals surface area contributed by atoms with E-state index in [0.717, 1.165) is 6.42 Å². The first-order chi connectivity index (χ1) is 16.0. The molecule has 176 valence electrons. The van der Waals surface area contributed by atoms with Crippen LogP contribution in [0.3, 0.4) is 0 Å². The molecular weight excluding hydrogens is 466 g/mol. The minimum absolute atomic E-state index is 0.0810.